The fraction of sp³-hybridized carbons (Fsp3) is 0.588. The first kappa shape index (κ1) is 18.1. The Bertz CT molecular complexity index is 639. The highest BCUT2D eigenvalue weighted by Crippen LogP contribution is 2.42. The Kier molecular flexibility index (Phi) is 4.95. The highest BCUT2D eigenvalue weighted by atomic mass is 32.2. The number of nitrogens with one attached hydrogen (secondary N) is 1. The topological polar surface area (TPSA) is 68.1 Å². The molecule has 1 aromatic rings. The van der Waals surface area contributed by atoms with Crippen LogP contribution < -0.4 is 9.46 Å². The molecule has 0 radical (unpaired) electrons. The van der Waals surface area contributed by atoms with Gasteiger partial charge < -0.3 is 9.29 Å². The number of benzene rings is 1. The Morgan fingerprint density at radius 2 is 2.17 bits per heavy atom. The van der Waals surface area contributed by atoms with Crippen molar-refractivity contribution in [1.82, 2.24) is 4.72 Å². The van der Waals surface area contributed by atoms with Gasteiger partial charge in [0.2, 0.25) is 0 Å². The number of fused-ring (bicyclic) bond motifs is 1. The molecular formula is C17H23FN2O2S. The van der Waals surface area contributed by atoms with Crippen LogP contribution in [0.25, 0.3) is 0 Å². The minimum atomic E-state index is -1.27. The van der Waals surface area contributed by atoms with E-state index in [4.69, 9.17) is 10.00 Å². The smallest absolute Gasteiger partial charge is 0.136 e. The lowest BCUT2D eigenvalue weighted by Gasteiger charge is -2.27. The van der Waals surface area contributed by atoms with E-state index in [1.54, 1.807) is 0 Å². The van der Waals surface area contributed by atoms with Crippen molar-refractivity contribution in [3.63, 3.8) is 0 Å². The van der Waals surface area contributed by atoms with Crippen molar-refractivity contribution in [3.8, 4) is 11.8 Å². The van der Waals surface area contributed by atoms with Gasteiger partial charge in [0.15, 0.2) is 0 Å². The Morgan fingerprint density at radius 3 is 2.74 bits per heavy atom. The molecule has 1 unspecified atom stereocenters. The molecule has 23 heavy (non-hydrogen) atoms. The second kappa shape index (κ2) is 6.31. The summed E-state index contributed by atoms with van der Waals surface area (Å²) in [6.07, 6.45) is 0.730. The number of halogens is 1. The molecule has 0 bridgehead atoms. The molecule has 0 saturated heterocycles. The fourth-order valence-electron chi connectivity index (χ4n) is 2.60. The molecule has 0 fully saturated rings. The van der Waals surface area contributed by atoms with E-state index >= 15 is 0 Å². The van der Waals surface area contributed by atoms with E-state index in [0.29, 0.717) is 17.7 Å². The van der Waals surface area contributed by atoms with Gasteiger partial charge in [-0.05, 0) is 46.8 Å². The van der Waals surface area contributed by atoms with Crippen molar-refractivity contribution in [3.05, 3.63) is 29.1 Å². The maximum atomic E-state index is 14.0. The summed E-state index contributed by atoms with van der Waals surface area (Å²) in [4.78, 5) is 0. The third-order valence-corrected chi connectivity index (χ3v) is 5.51. The van der Waals surface area contributed by atoms with Gasteiger partial charge in [-0.2, -0.15) is 5.26 Å². The summed E-state index contributed by atoms with van der Waals surface area (Å²) >= 11 is -1.27. The van der Waals surface area contributed by atoms with Crippen LogP contribution in [0.2, 0.25) is 0 Å². The van der Waals surface area contributed by atoms with Gasteiger partial charge in [0.1, 0.15) is 21.9 Å². The highest BCUT2D eigenvalue weighted by molar-refractivity contribution is 7.90. The summed E-state index contributed by atoms with van der Waals surface area (Å²) in [7, 11) is 0. The van der Waals surface area contributed by atoms with Gasteiger partial charge in [-0.3, -0.25) is 0 Å². The van der Waals surface area contributed by atoms with Gasteiger partial charge in [-0.25, -0.2) is 4.39 Å². The molecule has 2 rings (SSSR count). The summed E-state index contributed by atoms with van der Waals surface area (Å²) in [5.41, 5.74) is 0.759. The zero-order valence-corrected chi connectivity index (χ0v) is 15.0. The van der Waals surface area contributed by atoms with E-state index in [-0.39, 0.29) is 18.3 Å². The predicted octanol–water partition coefficient (Wildman–Crippen LogP) is 3.55. The van der Waals surface area contributed by atoms with Gasteiger partial charge in [-0.15, -0.1) is 4.72 Å². The van der Waals surface area contributed by atoms with Crippen LogP contribution in [0.5, 0.6) is 5.75 Å². The molecule has 4 nitrogen and oxygen atoms in total. The standard InChI is InChI=1S/C17H23FN2O2S/c1-11(20-23(21)16(2,3)4)14-9-13(18)8-12-10-17(5,6-7-19)22-15(12)14/h8-9,11,20H,6,10H2,1-5H3/t11-,17-,23?/m1/s1. The fourth-order valence-corrected chi connectivity index (χ4v) is 3.40. The van der Waals surface area contributed by atoms with Crippen LogP contribution in [0.4, 0.5) is 4.39 Å². The number of hydrogen-bond acceptors (Lipinski definition) is 4. The molecule has 1 aliphatic heterocycles. The Balaban J connectivity index is 2.31. The molecule has 126 valence electrons. The van der Waals surface area contributed by atoms with Crippen molar-refractivity contribution in [1.29, 1.82) is 5.26 Å². The molecule has 1 aromatic carbocycles. The van der Waals surface area contributed by atoms with Crippen molar-refractivity contribution >= 4 is 11.4 Å². The molecule has 0 aromatic heterocycles. The average Bonchev–Trinajstić information content (AvgIpc) is 2.72. The van der Waals surface area contributed by atoms with E-state index < -0.39 is 21.7 Å². The van der Waals surface area contributed by atoms with E-state index in [1.807, 2.05) is 34.6 Å². The molecule has 6 heteroatoms. The molecule has 1 N–H and O–H groups in total. The van der Waals surface area contributed by atoms with Crippen LogP contribution in [-0.2, 0) is 17.8 Å². The normalized spacial score (nSPS) is 22.9. The lowest BCUT2D eigenvalue weighted by atomic mass is 9.95. The zero-order chi connectivity index (χ0) is 17.4. The van der Waals surface area contributed by atoms with Crippen molar-refractivity contribution in [2.75, 3.05) is 0 Å². The van der Waals surface area contributed by atoms with Gasteiger partial charge in [-0.1, -0.05) is 0 Å². The Morgan fingerprint density at radius 1 is 1.52 bits per heavy atom. The van der Waals surface area contributed by atoms with E-state index in [2.05, 4.69) is 10.8 Å². The molecule has 3 atom stereocenters. The average molecular weight is 338 g/mol. The van der Waals surface area contributed by atoms with E-state index in [1.165, 1.54) is 12.1 Å². The van der Waals surface area contributed by atoms with E-state index in [9.17, 15) is 8.94 Å². The SMILES string of the molecule is C[C@@H](N[S+]([O-])C(C)(C)C)c1cc(F)cc2c1O[C@](C)(CC#N)C2. The molecule has 0 aliphatic carbocycles. The lowest BCUT2D eigenvalue weighted by Crippen LogP contribution is -2.40. The van der Waals surface area contributed by atoms with Crippen molar-refractivity contribution in [2.45, 2.75) is 63.9 Å². The number of nitrogens with zero attached hydrogens (tertiary/aromatic N) is 1. The van der Waals surface area contributed by atoms with Crippen LogP contribution in [0.1, 0.15) is 58.2 Å². The minimum Gasteiger partial charge on any atom is -0.598 e. The van der Waals surface area contributed by atoms with Crippen LogP contribution in [0.15, 0.2) is 12.1 Å². The van der Waals surface area contributed by atoms with Gasteiger partial charge in [0, 0.05) is 28.9 Å². The Hall–Kier alpha value is -1.29. The van der Waals surface area contributed by atoms with Crippen molar-refractivity contribution < 1.29 is 13.7 Å². The molecule has 0 saturated carbocycles. The second-order valence-corrected chi connectivity index (χ2v) is 9.27. The number of hydrogen-bond donors (Lipinski definition) is 1. The maximum absolute atomic E-state index is 14.0. The predicted molar refractivity (Wildman–Crippen MR) is 88.8 cm³/mol. The molecule has 0 spiro atoms. The first-order chi connectivity index (χ1) is 10.6. The van der Waals surface area contributed by atoms with Crippen molar-refractivity contribution in [2.24, 2.45) is 0 Å². The number of rotatable bonds is 4. The molecule has 1 aliphatic rings. The lowest BCUT2D eigenvalue weighted by molar-refractivity contribution is 0.120. The number of ether oxygens (including phenoxy) is 1. The largest absolute Gasteiger partial charge is 0.598 e. The summed E-state index contributed by atoms with van der Waals surface area (Å²) in [5, 5.41) is 8.96. The third kappa shape index (κ3) is 3.97. The maximum Gasteiger partial charge on any atom is 0.136 e. The van der Waals surface area contributed by atoms with Gasteiger partial charge >= 0.3 is 0 Å². The minimum absolute atomic E-state index is 0.235. The Labute approximate surface area is 140 Å². The monoisotopic (exact) mass is 338 g/mol. The molecular weight excluding hydrogens is 315 g/mol. The van der Waals surface area contributed by atoms with E-state index in [0.717, 1.165) is 5.56 Å². The summed E-state index contributed by atoms with van der Waals surface area (Å²) in [6, 6.07) is 4.65. The summed E-state index contributed by atoms with van der Waals surface area (Å²) in [6.45, 7) is 9.31. The van der Waals surface area contributed by atoms with Crippen LogP contribution in [-0.4, -0.2) is 14.9 Å². The highest BCUT2D eigenvalue weighted by Gasteiger charge is 2.38. The van der Waals surface area contributed by atoms with Gasteiger partial charge in [0.05, 0.1) is 18.5 Å². The third-order valence-electron chi connectivity index (χ3n) is 3.83. The van der Waals surface area contributed by atoms with Crippen LogP contribution in [0.3, 0.4) is 0 Å². The quantitative estimate of drug-likeness (QED) is 0.853. The van der Waals surface area contributed by atoms with Crippen LogP contribution in [0, 0.1) is 17.1 Å². The van der Waals surface area contributed by atoms with Gasteiger partial charge in [0.25, 0.3) is 0 Å². The zero-order valence-electron chi connectivity index (χ0n) is 14.2. The first-order valence-electron chi connectivity index (χ1n) is 7.62. The summed E-state index contributed by atoms with van der Waals surface area (Å²) < 4.78 is 34.8. The summed E-state index contributed by atoms with van der Waals surface area (Å²) in [5.74, 6) is 0.258. The molecule has 1 heterocycles. The molecule has 0 amide bonds. The second-order valence-electron chi connectivity index (χ2n) is 7.27. The number of nitriles is 1. The first-order valence-corrected chi connectivity index (χ1v) is 8.77. The van der Waals surface area contributed by atoms with Crippen LogP contribution >= 0.6 is 0 Å².